The second kappa shape index (κ2) is 7.63. The molecule has 0 bridgehead atoms. The molecule has 24 heavy (non-hydrogen) atoms. The zero-order valence-corrected chi connectivity index (χ0v) is 14.1. The van der Waals surface area contributed by atoms with Crippen LogP contribution in [-0.2, 0) is 17.9 Å². The van der Waals surface area contributed by atoms with Crippen LogP contribution in [0.4, 0.5) is 0 Å². The number of carboxylic acids is 1. The third-order valence-corrected chi connectivity index (χ3v) is 5.13. The standard InChI is InChI=1S/C21H25NO2/c1-16-12-19(13-20(16)21(23)24)22(14-17-8-4-2-5-9-17)15-18-10-6-3-7-11-18/h2-11,16,19-20H,12-15H2,1H3,(H,23,24)/p-1/t16-,19+,20+/m1/s1. The summed E-state index contributed by atoms with van der Waals surface area (Å²) in [5, 5.41) is 11.4. The summed E-state index contributed by atoms with van der Waals surface area (Å²) >= 11 is 0. The molecule has 3 atom stereocenters. The Morgan fingerprint density at radius 3 is 1.88 bits per heavy atom. The van der Waals surface area contributed by atoms with E-state index < -0.39 is 5.97 Å². The summed E-state index contributed by atoms with van der Waals surface area (Å²) < 4.78 is 0. The van der Waals surface area contributed by atoms with Crippen LogP contribution in [0.3, 0.4) is 0 Å². The van der Waals surface area contributed by atoms with E-state index in [1.54, 1.807) is 0 Å². The van der Waals surface area contributed by atoms with E-state index in [1.165, 1.54) is 11.1 Å². The zero-order chi connectivity index (χ0) is 16.9. The Morgan fingerprint density at radius 2 is 1.46 bits per heavy atom. The van der Waals surface area contributed by atoms with Gasteiger partial charge in [-0.15, -0.1) is 0 Å². The van der Waals surface area contributed by atoms with Crippen molar-refractivity contribution in [2.45, 2.75) is 38.9 Å². The summed E-state index contributed by atoms with van der Waals surface area (Å²) in [5.41, 5.74) is 2.52. The van der Waals surface area contributed by atoms with Gasteiger partial charge < -0.3 is 9.90 Å². The van der Waals surface area contributed by atoms with E-state index in [2.05, 4.69) is 53.4 Å². The van der Waals surface area contributed by atoms with Gasteiger partial charge >= 0.3 is 0 Å². The lowest BCUT2D eigenvalue weighted by Crippen LogP contribution is -2.35. The van der Waals surface area contributed by atoms with E-state index in [4.69, 9.17) is 0 Å². The summed E-state index contributed by atoms with van der Waals surface area (Å²) in [7, 11) is 0. The maximum absolute atomic E-state index is 11.4. The molecule has 0 heterocycles. The molecule has 0 N–H and O–H groups in total. The second-order valence-corrected chi connectivity index (χ2v) is 6.90. The molecule has 0 radical (unpaired) electrons. The third-order valence-electron chi connectivity index (χ3n) is 5.13. The molecule has 0 unspecified atom stereocenters. The van der Waals surface area contributed by atoms with Crippen molar-refractivity contribution in [1.82, 2.24) is 4.90 Å². The SMILES string of the molecule is C[C@@H]1C[C@H](N(Cc2ccccc2)Cc2ccccc2)C[C@@H]1C(=O)[O-]. The summed E-state index contributed by atoms with van der Waals surface area (Å²) in [4.78, 5) is 13.8. The van der Waals surface area contributed by atoms with Crippen molar-refractivity contribution < 1.29 is 9.90 Å². The molecule has 2 aromatic rings. The van der Waals surface area contributed by atoms with E-state index in [0.29, 0.717) is 6.42 Å². The van der Waals surface area contributed by atoms with E-state index in [0.717, 1.165) is 19.5 Å². The minimum atomic E-state index is -0.899. The molecule has 0 aromatic heterocycles. The molecule has 1 aliphatic rings. The number of nitrogens with zero attached hydrogens (tertiary/aromatic N) is 1. The minimum absolute atomic E-state index is 0.175. The highest BCUT2D eigenvalue weighted by molar-refractivity contribution is 5.68. The Kier molecular flexibility index (Phi) is 5.31. The van der Waals surface area contributed by atoms with Gasteiger partial charge in [0, 0.05) is 31.0 Å². The molecule has 3 rings (SSSR count). The largest absolute Gasteiger partial charge is 0.550 e. The van der Waals surface area contributed by atoms with Gasteiger partial charge in [0.05, 0.1) is 0 Å². The molecule has 0 amide bonds. The number of benzene rings is 2. The molecule has 0 aliphatic heterocycles. The van der Waals surface area contributed by atoms with E-state index in [-0.39, 0.29) is 17.9 Å². The molecule has 3 nitrogen and oxygen atoms in total. The number of hydrogen-bond acceptors (Lipinski definition) is 3. The average Bonchev–Trinajstić information content (AvgIpc) is 2.98. The van der Waals surface area contributed by atoms with Gasteiger partial charge in [-0.05, 0) is 29.9 Å². The number of carbonyl (C=O) groups is 1. The molecule has 0 spiro atoms. The summed E-state index contributed by atoms with van der Waals surface area (Å²) in [6, 6.07) is 21.1. The Labute approximate surface area is 143 Å². The van der Waals surface area contributed by atoms with E-state index >= 15 is 0 Å². The molecule has 1 saturated carbocycles. The van der Waals surface area contributed by atoms with Gasteiger partial charge in [0.2, 0.25) is 0 Å². The van der Waals surface area contributed by atoms with E-state index in [9.17, 15) is 9.90 Å². The van der Waals surface area contributed by atoms with Gasteiger partial charge in [0.15, 0.2) is 0 Å². The zero-order valence-electron chi connectivity index (χ0n) is 14.1. The van der Waals surface area contributed by atoms with Crippen LogP contribution < -0.4 is 5.11 Å². The van der Waals surface area contributed by atoms with Crippen LogP contribution in [0.5, 0.6) is 0 Å². The first-order valence-corrected chi connectivity index (χ1v) is 8.66. The normalized spacial score (nSPS) is 23.5. The number of carboxylic acid groups (broad SMARTS) is 1. The molecule has 1 aliphatic carbocycles. The molecule has 1 fully saturated rings. The number of rotatable bonds is 6. The van der Waals surface area contributed by atoms with Crippen LogP contribution in [0, 0.1) is 11.8 Å². The van der Waals surface area contributed by atoms with Crippen molar-refractivity contribution in [3.05, 3.63) is 71.8 Å². The quantitative estimate of drug-likeness (QED) is 0.821. The van der Waals surface area contributed by atoms with Gasteiger partial charge in [-0.3, -0.25) is 4.90 Å². The molecule has 0 saturated heterocycles. The third kappa shape index (κ3) is 4.04. The van der Waals surface area contributed by atoms with Crippen LogP contribution in [-0.4, -0.2) is 16.9 Å². The predicted molar refractivity (Wildman–Crippen MR) is 92.8 cm³/mol. The Hall–Kier alpha value is -2.13. The minimum Gasteiger partial charge on any atom is -0.550 e. The van der Waals surface area contributed by atoms with Crippen molar-refractivity contribution in [3.8, 4) is 0 Å². The lowest BCUT2D eigenvalue weighted by Gasteiger charge is -2.29. The van der Waals surface area contributed by atoms with E-state index in [1.807, 2.05) is 19.1 Å². The van der Waals surface area contributed by atoms with Crippen molar-refractivity contribution in [2.75, 3.05) is 0 Å². The maximum Gasteiger partial charge on any atom is 0.0448 e. The first-order valence-electron chi connectivity index (χ1n) is 8.66. The van der Waals surface area contributed by atoms with Crippen LogP contribution in [0.2, 0.25) is 0 Å². The number of carbonyl (C=O) groups excluding carboxylic acids is 1. The lowest BCUT2D eigenvalue weighted by atomic mass is 9.99. The summed E-state index contributed by atoms with van der Waals surface area (Å²) in [6.07, 6.45) is 1.60. The number of hydrogen-bond donors (Lipinski definition) is 0. The molecular formula is C21H24NO2-. The average molecular weight is 322 g/mol. The highest BCUT2D eigenvalue weighted by Crippen LogP contribution is 2.35. The maximum atomic E-state index is 11.4. The summed E-state index contributed by atoms with van der Waals surface area (Å²) in [5.74, 6) is -1.05. The fourth-order valence-corrected chi connectivity index (χ4v) is 3.79. The summed E-state index contributed by atoms with van der Waals surface area (Å²) in [6.45, 7) is 3.71. The second-order valence-electron chi connectivity index (χ2n) is 6.90. The number of aliphatic carboxylic acids is 1. The van der Waals surface area contributed by atoms with Crippen LogP contribution in [0.1, 0.15) is 30.9 Å². The van der Waals surface area contributed by atoms with Crippen molar-refractivity contribution in [2.24, 2.45) is 11.8 Å². The Morgan fingerprint density at radius 1 is 0.958 bits per heavy atom. The monoisotopic (exact) mass is 322 g/mol. The predicted octanol–water partition coefficient (Wildman–Crippen LogP) is 2.85. The van der Waals surface area contributed by atoms with Crippen LogP contribution >= 0.6 is 0 Å². The Bertz CT molecular complexity index is 615. The van der Waals surface area contributed by atoms with Gasteiger partial charge in [0.1, 0.15) is 0 Å². The Balaban J connectivity index is 1.78. The smallest absolute Gasteiger partial charge is 0.0448 e. The first kappa shape index (κ1) is 16.7. The van der Waals surface area contributed by atoms with Crippen LogP contribution in [0.15, 0.2) is 60.7 Å². The van der Waals surface area contributed by atoms with Gasteiger partial charge in [-0.1, -0.05) is 67.6 Å². The molecular weight excluding hydrogens is 298 g/mol. The fourth-order valence-electron chi connectivity index (χ4n) is 3.79. The van der Waals surface area contributed by atoms with Crippen molar-refractivity contribution in [3.63, 3.8) is 0 Å². The van der Waals surface area contributed by atoms with Crippen molar-refractivity contribution >= 4 is 5.97 Å². The highest BCUT2D eigenvalue weighted by Gasteiger charge is 2.35. The van der Waals surface area contributed by atoms with Crippen LogP contribution in [0.25, 0.3) is 0 Å². The first-order chi connectivity index (χ1) is 11.6. The van der Waals surface area contributed by atoms with Gasteiger partial charge in [-0.2, -0.15) is 0 Å². The topological polar surface area (TPSA) is 43.4 Å². The highest BCUT2D eigenvalue weighted by atomic mass is 16.4. The molecule has 126 valence electrons. The molecule has 2 aromatic carbocycles. The van der Waals surface area contributed by atoms with Gasteiger partial charge in [0.25, 0.3) is 0 Å². The van der Waals surface area contributed by atoms with Gasteiger partial charge in [-0.25, -0.2) is 0 Å². The molecule has 3 heteroatoms. The lowest BCUT2D eigenvalue weighted by molar-refractivity contribution is -0.312. The van der Waals surface area contributed by atoms with Crippen molar-refractivity contribution in [1.29, 1.82) is 0 Å². The fraction of sp³-hybridized carbons (Fsp3) is 0.381.